The van der Waals surface area contributed by atoms with E-state index in [-0.39, 0.29) is 72.5 Å². The number of halogens is 2. The van der Waals surface area contributed by atoms with Crippen molar-refractivity contribution in [2.75, 3.05) is 0 Å². The number of nitrogens with zero attached hydrogens (tertiary/aromatic N) is 2. The van der Waals surface area contributed by atoms with E-state index in [9.17, 15) is 4.79 Å². The first-order valence-corrected chi connectivity index (χ1v) is 2.73. The number of hydrogen-bond acceptors (Lipinski definition) is 3. The van der Waals surface area contributed by atoms with Crippen LogP contribution < -0.4 is 64.8 Å². The minimum Gasteiger partial charge on any atom is -1.00 e. The normalized spacial score (nSPS) is 7.82. The maximum Gasteiger partial charge on any atom is 1.00 e. The van der Waals surface area contributed by atoms with Crippen LogP contribution in [0.25, 0.3) is 0 Å². The maximum atomic E-state index is 10.3. The SMILES string of the molecule is O=c1nc(Cl)nc(Cl)[nH]1.[H-].[H-].[Na+].[Na+]. The van der Waals surface area contributed by atoms with Crippen molar-refractivity contribution in [3.8, 4) is 0 Å². The molecule has 0 atom stereocenters. The molecule has 0 aliphatic carbocycles. The fourth-order valence-electron chi connectivity index (χ4n) is 0.334. The maximum absolute atomic E-state index is 10.3. The molecule has 1 rings (SSSR count). The first-order valence-electron chi connectivity index (χ1n) is 1.98. The molecule has 0 saturated carbocycles. The van der Waals surface area contributed by atoms with Gasteiger partial charge < -0.3 is 2.85 Å². The van der Waals surface area contributed by atoms with E-state index in [4.69, 9.17) is 23.2 Å². The van der Waals surface area contributed by atoms with Crippen LogP contribution in [0.3, 0.4) is 0 Å². The summed E-state index contributed by atoms with van der Waals surface area (Å²) in [5, 5.41) is -0.205. The predicted molar refractivity (Wildman–Crippen MR) is 34.9 cm³/mol. The smallest absolute Gasteiger partial charge is 1.00 e. The van der Waals surface area contributed by atoms with Crippen molar-refractivity contribution in [2.45, 2.75) is 0 Å². The van der Waals surface area contributed by atoms with Gasteiger partial charge in [-0.15, -0.1) is 0 Å². The van der Waals surface area contributed by atoms with Crippen LogP contribution in [0.5, 0.6) is 0 Å². The number of aromatic nitrogens is 3. The quantitative estimate of drug-likeness (QED) is 0.439. The Kier molecular flexibility index (Phi) is 9.28. The molecule has 4 nitrogen and oxygen atoms in total. The Labute approximate surface area is 120 Å². The minimum absolute atomic E-state index is 0. The molecule has 1 N–H and O–H groups in total. The van der Waals surface area contributed by atoms with Crippen molar-refractivity contribution >= 4 is 23.2 Å². The molecule has 0 unspecified atom stereocenters. The van der Waals surface area contributed by atoms with Crippen LogP contribution in [0.1, 0.15) is 2.85 Å². The molecule has 1 aromatic rings. The number of hydrogen-bond donors (Lipinski definition) is 1. The van der Waals surface area contributed by atoms with E-state index in [1.807, 2.05) is 0 Å². The van der Waals surface area contributed by atoms with E-state index in [1.165, 1.54) is 0 Å². The molecule has 0 radical (unpaired) electrons. The average Bonchev–Trinajstić information content (AvgIpc) is 1.59. The van der Waals surface area contributed by atoms with E-state index in [1.54, 1.807) is 0 Å². The predicted octanol–water partition coefficient (Wildman–Crippen LogP) is -5.30. The molecule has 0 aliphatic heterocycles. The van der Waals surface area contributed by atoms with Gasteiger partial charge in [0, 0.05) is 0 Å². The van der Waals surface area contributed by atoms with E-state index >= 15 is 0 Å². The topological polar surface area (TPSA) is 58.6 Å². The van der Waals surface area contributed by atoms with Gasteiger partial charge in [0.1, 0.15) is 0 Å². The first-order chi connectivity index (χ1) is 4.18. The van der Waals surface area contributed by atoms with Gasteiger partial charge in [-0.2, -0.15) is 9.97 Å². The summed E-state index contributed by atoms with van der Waals surface area (Å²) in [5.41, 5.74) is -0.597. The molecule has 1 heterocycles. The third kappa shape index (κ3) is 5.60. The summed E-state index contributed by atoms with van der Waals surface area (Å²) >= 11 is 10.5. The van der Waals surface area contributed by atoms with Crippen LogP contribution in [0.15, 0.2) is 4.79 Å². The summed E-state index contributed by atoms with van der Waals surface area (Å²) in [6, 6.07) is 0. The van der Waals surface area contributed by atoms with Gasteiger partial charge in [-0.05, 0) is 23.2 Å². The molecule has 0 bridgehead atoms. The zero-order chi connectivity index (χ0) is 6.85. The van der Waals surface area contributed by atoms with E-state index in [0.717, 1.165) is 0 Å². The molecule has 0 aliphatic rings. The first kappa shape index (κ1) is 14.9. The van der Waals surface area contributed by atoms with Crippen LogP contribution in [0.2, 0.25) is 10.6 Å². The number of rotatable bonds is 0. The van der Waals surface area contributed by atoms with Crippen LogP contribution in [-0.4, -0.2) is 15.0 Å². The van der Waals surface area contributed by atoms with E-state index in [2.05, 4.69) is 15.0 Å². The molecular formula is C3H3Cl2N3Na2O. The average molecular weight is 214 g/mol. The number of nitrogens with one attached hydrogen (secondary N) is 1. The molecule has 0 aromatic carbocycles. The van der Waals surface area contributed by atoms with Gasteiger partial charge in [-0.3, -0.25) is 4.98 Å². The minimum atomic E-state index is -0.597. The van der Waals surface area contributed by atoms with Gasteiger partial charge in [0.05, 0.1) is 0 Å². The Morgan fingerprint density at radius 3 is 2.18 bits per heavy atom. The molecule has 0 amide bonds. The number of H-pyrrole nitrogens is 1. The molecule has 0 fully saturated rings. The second kappa shape index (κ2) is 6.86. The Hall–Kier alpha value is 1.39. The fraction of sp³-hybridized carbons (Fsp3) is 0. The van der Waals surface area contributed by atoms with Crippen LogP contribution in [-0.2, 0) is 0 Å². The van der Waals surface area contributed by atoms with E-state index < -0.39 is 5.69 Å². The van der Waals surface area contributed by atoms with Crippen molar-refractivity contribution in [2.24, 2.45) is 0 Å². The second-order valence-electron chi connectivity index (χ2n) is 1.21. The van der Waals surface area contributed by atoms with Crippen molar-refractivity contribution < 1.29 is 62.0 Å². The third-order valence-electron chi connectivity index (χ3n) is 0.594. The van der Waals surface area contributed by atoms with Crippen molar-refractivity contribution in [3.05, 3.63) is 21.1 Å². The molecule has 0 saturated heterocycles. The zero-order valence-electron chi connectivity index (χ0n) is 8.06. The van der Waals surface area contributed by atoms with Gasteiger partial charge in [0.25, 0.3) is 0 Å². The van der Waals surface area contributed by atoms with Gasteiger partial charge in [0.2, 0.25) is 10.6 Å². The zero-order valence-corrected chi connectivity index (χ0v) is 11.6. The molecule has 8 heteroatoms. The molecular weight excluding hydrogens is 211 g/mol. The largest absolute Gasteiger partial charge is 1.00 e. The molecule has 1 aromatic heterocycles. The summed E-state index contributed by atoms with van der Waals surface area (Å²) < 4.78 is 0. The standard InChI is InChI=1S/C3HCl2N3O.2Na.2H/c4-1-6-2(5)8-3(9)7-1;;;;/h(H,6,7,8,9);;;;/q;2*+1;2*-1. The second-order valence-corrected chi connectivity index (χ2v) is 1.91. The Morgan fingerprint density at radius 2 is 1.82 bits per heavy atom. The van der Waals surface area contributed by atoms with Crippen molar-refractivity contribution in [1.82, 2.24) is 15.0 Å². The summed E-state index contributed by atoms with van der Waals surface area (Å²) in [5.74, 6) is 0. The van der Waals surface area contributed by atoms with Gasteiger partial charge in [0.15, 0.2) is 0 Å². The van der Waals surface area contributed by atoms with Gasteiger partial charge in [-0.1, -0.05) is 0 Å². The monoisotopic (exact) mass is 213 g/mol. The Bertz CT molecular complexity index is 262. The van der Waals surface area contributed by atoms with Gasteiger partial charge >= 0.3 is 64.8 Å². The van der Waals surface area contributed by atoms with Crippen LogP contribution in [0.4, 0.5) is 0 Å². The van der Waals surface area contributed by atoms with Crippen molar-refractivity contribution in [3.63, 3.8) is 0 Å². The van der Waals surface area contributed by atoms with Crippen molar-refractivity contribution in [1.29, 1.82) is 0 Å². The van der Waals surface area contributed by atoms with E-state index in [0.29, 0.717) is 0 Å². The van der Waals surface area contributed by atoms with Gasteiger partial charge in [-0.25, -0.2) is 4.79 Å². The molecule has 11 heavy (non-hydrogen) atoms. The number of aromatic amines is 1. The van der Waals surface area contributed by atoms with Crippen LogP contribution >= 0.6 is 23.2 Å². The molecule has 0 spiro atoms. The summed E-state index contributed by atoms with van der Waals surface area (Å²) in [7, 11) is 0. The van der Waals surface area contributed by atoms with Crippen LogP contribution in [0, 0.1) is 0 Å². The Morgan fingerprint density at radius 1 is 1.27 bits per heavy atom. The fourth-order valence-corrected chi connectivity index (χ4v) is 0.699. The molecule has 52 valence electrons. The Balaban J connectivity index is -0.000000101. The third-order valence-corrected chi connectivity index (χ3v) is 0.942. The summed E-state index contributed by atoms with van der Waals surface area (Å²) in [6.07, 6.45) is 0. The summed E-state index contributed by atoms with van der Waals surface area (Å²) in [4.78, 5) is 19.0. The summed E-state index contributed by atoms with van der Waals surface area (Å²) in [6.45, 7) is 0.